The summed E-state index contributed by atoms with van der Waals surface area (Å²) in [5.41, 5.74) is 0. The predicted molar refractivity (Wildman–Crippen MR) is 160 cm³/mol. The molecular formula is C30H62BrO3P. The molecule has 0 saturated carbocycles. The zero-order valence-corrected chi connectivity index (χ0v) is 26.3. The van der Waals surface area contributed by atoms with Crippen molar-refractivity contribution in [2.75, 3.05) is 24.7 Å². The highest BCUT2D eigenvalue weighted by atomic mass is 79.9. The number of alkyl halides is 1. The van der Waals surface area contributed by atoms with Crippen LogP contribution in [0, 0.1) is 0 Å². The van der Waals surface area contributed by atoms with Crippen molar-refractivity contribution in [3.05, 3.63) is 0 Å². The summed E-state index contributed by atoms with van der Waals surface area (Å²) in [7, 11) is -2.93. The van der Waals surface area contributed by atoms with Gasteiger partial charge in [0.15, 0.2) is 0 Å². The minimum absolute atomic E-state index is 0.476. The Morgan fingerprint density at radius 3 is 0.971 bits per heavy atom. The topological polar surface area (TPSA) is 35.5 Å². The van der Waals surface area contributed by atoms with Crippen LogP contribution in [-0.4, -0.2) is 24.7 Å². The molecular weight excluding hydrogens is 519 g/mol. The summed E-state index contributed by atoms with van der Waals surface area (Å²) >= 11 is 3.42. The molecule has 212 valence electrons. The molecule has 0 radical (unpaired) electrons. The van der Waals surface area contributed by atoms with Crippen LogP contribution in [0.2, 0.25) is 0 Å². The minimum Gasteiger partial charge on any atom is -0.309 e. The van der Waals surface area contributed by atoms with Crippen LogP contribution in [0.4, 0.5) is 0 Å². The lowest BCUT2D eigenvalue weighted by Gasteiger charge is -2.18. The fourth-order valence-corrected chi connectivity index (χ4v) is 7.22. The zero-order valence-electron chi connectivity index (χ0n) is 23.8. The van der Waals surface area contributed by atoms with Gasteiger partial charge in [-0.3, -0.25) is 4.57 Å². The van der Waals surface area contributed by atoms with E-state index in [0.717, 1.165) is 12.8 Å². The summed E-state index contributed by atoms with van der Waals surface area (Å²) in [6.07, 6.45) is 32.2. The second-order valence-corrected chi connectivity index (χ2v) is 13.4. The first kappa shape index (κ1) is 35.6. The zero-order chi connectivity index (χ0) is 25.7. The van der Waals surface area contributed by atoms with Gasteiger partial charge in [0.1, 0.15) is 0 Å². The predicted octanol–water partition coefficient (Wildman–Crippen LogP) is 12.0. The molecule has 0 bridgehead atoms. The largest absolute Gasteiger partial charge is 0.331 e. The van der Waals surface area contributed by atoms with Crippen LogP contribution in [0.5, 0.6) is 0 Å². The van der Waals surface area contributed by atoms with Crippen LogP contribution >= 0.6 is 23.5 Å². The highest BCUT2D eigenvalue weighted by Gasteiger charge is 2.23. The summed E-state index contributed by atoms with van der Waals surface area (Å²) in [6.45, 7) is 5.69. The van der Waals surface area contributed by atoms with Crippen molar-refractivity contribution in [1.82, 2.24) is 0 Å². The first-order valence-corrected chi connectivity index (χ1v) is 18.5. The SMILES string of the molecule is CCCCCCCCCCCCCCOP(=O)(CCBr)OCCCCCCCCCCCCCC. The monoisotopic (exact) mass is 580 g/mol. The minimum atomic E-state index is -2.93. The van der Waals surface area contributed by atoms with Gasteiger partial charge in [-0.15, -0.1) is 0 Å². The summed E-state index contributed by atoms with van der Waals surface area (Å²) in [4.78, 5) is 0. The van der Waals surface area contributed by atoms with Crippen molar-refractivity contribution in [3.63, 3.8) is 0 Å². The van der Waals surface area contributed by atoms with E-state index in [0.29, 0.717) is 24.7 Å². The molecule has 0 aliphatic carbocycles. The van der Waals surface area contributed by atoms with Gasteiger partial charge in [0.05, 0.1) is 19.4 Å². The summed E-state index contributed by atoms with van der Waals surface area (Å²) < 4.78 is 24.5. The van der Waals surface area contributed by atoms with Crippen LogP contribution in [0.15, 0.2) is 0 Å². The van der Waals surface area contributed by atoms with Crippen LogP contribution in [0.25, 0.3) is 0 Å². The first-order chi connectivity index (χ1) is 17.2. The van der Waals surface area contributed by atoms with Crippen molar-refractivity contribution in [2.24, 2.45) is 0 Å². The van der Waals surface area contributed by atoms with Gasteiger partial charge >= 0.3 is 7.60 Å². The van der Waals surface area contributed by atoms with E-state index in [1.807, 2.05) is 0 Å². The van der Waals surface area contributed by atoms with E-state index in [1.165, 1.54) is 141 Å². The van der Waals surface area contributed by atoms with Crippen LogP contribution < -0.4 is 0 Å². The van der Waals surface area contributed by atoms with Gasteiger partial charge < -0.3 is 9.05 Å². The molecule has 0 rings (SSSR count). The maximum absolute atomic E-state index is 12.9. The molecule has 5 heteroatoms. The fraction of sp³-hybridized carbons (Fsp3) is 1.00. The van der Waals surface area contributed by atoms with Crippen molar-refractivity contribution in [1.29, 1.82) is 0 Å². The van der Waals surface area contributed by atoms with Gasteiger partial charge in [0, 0.05) is 5.33 Å². The highest BCUT2D eigenvalue weighted by Crippen LogP contribution is 2.48. The van der Waals surface area contributed by atoms with Gasteiger partial charge in [-0.2, -0.15) is 0 Å². The van der Waals surface area contributed by atoms with Crippen LogP contribution in [0.1, 0.15) is 168 Å². The third-order valence-corrected chi connectivity index (χ3v) is 9.86. The van der Waals surface area contributed by atoms with E-state index in [4.69, 9.17) is 9.05 Å². The lowest BCUT2D eigenvalue weighted by atomic mass is 10.1. The standard InChI is InChI=1S/C30H62BrO3P/c1-3-5-7-9-11-13-15-17-19-21-23-25-28-33-35(32,30-27-31)34-29-26-24-22-20-18-16-14-12-10-8-6-4-2/h3-30H2,1-2H3. The third kappa shape index (κ3) is 27.5. The molecule has 35 heavy (non-hydrogen) atoms. The second-order valence-electron chi connectivity index (χ2n) is 10.5. The molecule has 0 aromatic rings. The van der Waals surface area contributed by atoms with Crippen molar-refractivity contribution in [3.8, 4) is 0 Å². The molecule has 0 fully saturated rings. The number of hydrogen-bond donors (Lipinski definition) is 0. The molecule has 0 aromatic carbocycles. The number of hydrogen-bond acceptors (Lipinski definition) is 3. The molecule has 0 aliphatic rings. The number of halogens is 1. The Morgan fingerprint density at radius 2 is 0.714 bits per heavy atom. The van der Waals surface area contributed by atoms with Gasteiger partial charge in [-0.1, -0.05) is 171 Å². The Balaban J connectivity index is 3.55. The Morgan fingerprint density at radius 1 is 0.457 bits per heavy atom. The summed E-state index contributed by atoms with van der Waals surface area (Å²) in [5.74, 6) is 0. The smallest absolute Gasteiger partial charge is 0.309 e. The van der Waals surface area contributed by atoms with E-state index >= 15 is 0 Å². The molecule has 0 unspecified atom stereocenters. The molecule has 0 heterocycles. The average Bonchev–Trinajstić information content (AvgIpc) is 2.85. The number of rotatable bonds is 30. The van der Waals surface area contributed by atoms with E-state index in [2.05, 4.69) is 29.8 Å². The fourth-order valence-electron chi connectivity index (χ4n) is 4.56. The quantitative estimate of drug-likeness (QED) is 0.0481. The van der Waals surface area contributed by atoms with Gasteiger partial charge in [-0.05, 0) is 12.8 Å². The van der Waals surface area contributed by atoms with Crippen molar-refractivity contribution >= 4 is 23.5 Å². The van der Waals surface area contributed by atoms with Crippen LogP contribution in [-0.2, 0) is 13.6 Å². The van der Waals surface area contributed by atoms with Gasteiger partial charge in [0.2, 0.25) is 0 Å². The Labute approximate surface area is 229 Å². The van der Waals surface area contributed by atoms with Crippen molar-refractivity contribution in [2.45, 2.75) is 168 Å². The molecule has 0 aliphatic heterocycles. The molecule has 0 N–H and O–H groups in total. The maximum Gasteiger partial charge on any atom is 0.331 e. The van der Waals surface area contributed by atoms with Crippen molar-refractivity contribution < 1.29 is 13.6 Å². The van der Waals surface area contributed by atoms with Gasteiger partial charge in [-0.25, -0.2) is 0 Å². The second kappa shape index (κ2) is 29.2. The van der Waals surface area contributed by atoms with E-state index in [9.17, 15) is 4.57 Å². The lowest BCUT2D eigenvalue weighted by Crippen LogP contribution is -2.04. The first-order valence-electron chi connectivity index (χ1n) is 15.6. The molecule has 0 amide bonds. The van der Waals surface area contributed by atoms with E-state index in [-0.39, 0.29) is 0 Å². The molecule has 0 atom stereocenters. The molecule has 0 saturated heterocycles. The Kier molecular flexibility index (Phi) is 29.7. The van der Waals surface area contributed by atoms with E-state index < -0.39 is 7.60 Å². The Hall–Kier alpha value is 0.630. The molecule has 3 nitrogen and oxygen atoms in total. The third-order valence-electron chi connectivity index (χ3n) is 6.93. The van der Waals surface area contributed by atoms with E-state index in [1.54, 1.807) is 0 Å². The normalized spacial score (nSPS) is 12.0. The highest BCUT2D eigenvalue weighted by molar-refractivity contribution is 9.09. The number of unbranched alkanes of at least 4 members (excludes halogenated alkanes) is 22. The maximum atomic E-state index is 12.9. The van der Waals surface area contributed by atoms with Gasteiger partial charge in [0.25, 0.3) is 0 Å². The molecule has 0 spiro atoms. The summed E-state index contributed by atoms with van der Waals surface area (Å²) in [6, 6.07) is 0. The lowest BCUT2D eigenvalue weighted by molar-refractivity contribution is 0.198. The summed E-state index contributed by atoms with van der Waals surface area (Å²) in [5, 5.41) is 0.668. The average molecular weight is 582 g/mol. The molecule has 0 aromatic heterocycles. The van der Waals surface area contributed by atoms with Crippen LogP contribution in [0.3, 0.4) is 0 Å². The Bertz CT molecular complexity index is 413.